The second kappa shape index (κ2) is 7.85. The molecule has 0 saturated carbocycles. The Bertz CT molecular complexity index is 684. The van der Waals surface area contributed by atoms with Gasteiger partial charge in [-0.05, 0) is 37.8 Å². The summed E-state index contributed by atoms with van der Waals surface area (Å²) in [6.45, 7) is 4.82. The first-order valence-electron chi connectivity index (χ1n) is 8.91. The number of hydrogen-bond acceptors (Lipinski definition) is 4. The number of ether oxygens (including phenoxy) is 1. The molecule has 2 fully saturated rings. The molecule has 0 radical (unpaired) electrons. The molecule has 1 aromatic rings. The second-order valence-electron chi connectivity index (χ2n) is 6.88. The monoisotopic (exact) mass is 366 g/mol. The first kappa shape index (κ1) is 18.4. The zero-order valence-corrected chi connectivity index (χ0v) is 15.5. The second-order valence-corrected chi connectivity index (χ2v) is 8.81. The zero-order chi connectivity index (χ0) is 17.9. The molecule has 25 heavy (non-hydrogen) atoms. The van der Waals surface area contributed by atoms with Gasteiger partial charge < -0.3 is 9.64 Å². The Hall–Kier alpha value is -1.44. The van der Waals surface area contributed by atoms with E-state index in [-0.39, 0.29) is 17.9 Å². The standard InChI is InChI=1S/C18H26N2O4S/c1-15-14-24-12-11-20(15)18(21)13-16-7-9-19(10-8-16)25(22,23)17-5-3-2-4-6-17/h2-6,15-16H,7-14H2,1H3. The Kier molecular flexibility index (Phi) is 5.76. The third-order valence-corrected chi connectivity index (χ3v) is 7.02. The lowest BCUT2D eigenvalue weighted by Gasteiger charge is -2.36. The molecular weight excluding hydrogens is 340 g/mol. The van der Waals surface area contributed by atoms with Crippen molar-refractivity contribution in [2.75, 3.05) is 32.8 Å². The van der Waals surface area contributed by atoms with Gasteiger partial charge in [0.05, 0.1) is 24.2 Å². The van der Waals surface area contributed by atoms with Crippen LogP contribution in [0, 0.1) is 5.92 Å². The summed E-state index contributed by atoms with van der Waals surface area (Å²) in [7, 11) is -3.42. The van der Waals surface area contributed by atoms with Gasteiger partial charge >= 0.3 is 0 Å². The zero-order valence-electron chi connectivity index (χ0n) is 14.6. The molecule has 1 unspecified atom stereocenters. The number of carbonyl (C=O) groups is 1. The molecule has 2 heterocycles. The van der Waals surface area contributed by atoms with Gasteiger partial charge in [-0.2, -0.15) is 4.31 Å². The molecule has 3 rings (SSSR count). The number of benzene rings is 1. The highest BCUT2D eigenvalue weighted by atomic mass is 32.2. The predicted molar refractivity (Wildman–Crippen MR) is 94.5 cm³/mol. The van der Waals surface area contributed by atoms with E-state index in [4.69, 9.17) is 4.74 Å². The minimum atomic E-state index is -3.42. The molecule has 0 aliphatic carbocycles. The molecule has 138 valence electrons. The van der Waals surface area contributed by atoms with Crippen LogP contribution in [0.25, 0.3) is 0 Å². The first-order chi connectivity index (χ1) is 12.0. The lowest BCUT2D eigenvalue weighted by molar-refractivity contribution is -0.140. The fraction of sp³-hybridized carbons (Fsp3) is 0.611. The molecule has 7 heteroatoms. The number of piperidine rings is 1. The number of hydrogen-bond donors (Lipinski definition) is 0. The largest absolute Gasteiger partial charge is 0.377 e. The van der Waals surface area contributed by atoms with Crippen LogP contribution in [0.4, 0.5) is 0 Å². The fourth-order valence-corrected chi connectivity index (χ4v) is 5.05. The Morgan fingerprint density at radius 1 is 1.16 bits per heavy atom. The highest BCUT2D eigenvalue weighted by molar-refractivity contribution is 7.89. The van der Waals surface area contributed by atoms with Crippen LogP contribution in [0.5, 0.6) is 0 Å². The van der Waals surface area contributed by atoms with Gasteiger partial charge in [0.25, 0.3) is 0 Å². The third kappa shape index (κ3) is 4.22. The summed E-state index contributed by atoms with van der Waals surface area (Å²) < 4.78 is 32.2. The van der Waals surface area contributed by atoms with Gasteiger partial charge in [-0.25, -0.2) is 8.42 Å². The van der Waals surface area contributed by atoms with E-state index in [1.54, 1.807) is 28.6 Å². The topological polar surface area (TPSA) is 66.9 Å². The number of rotatable bonds is 4. The van der Waals surface area contributed by atoms with Crippen molar-refractivity contribution < 1.29 is 17.9 Å². The smallest absolute Gasteiger partial charge is 0.243 e. The van der Waals surface area contributed by atoms with Crippen molar-refractivity contribution in [1.82, 2.24) is 9.21 Å². The summed E-state index contributed by atoms with van der Waals surface area (Å²) in [5, 5.41) is 0. The van der Waals surface area contributed by atoms with Crippen molar-refractivity contribution in [2.24, 2.45) is 5.92 Å². The minimum absolute atomic E-state index is 0.125. The van der Waals surface area contributed by atoms with Gasteiger partial charge in [0.1, 0.15) is 0 Å². The summed E-state index contributed by atoms with van der Waals surface area (Å²) in [6, 6.07) is 8.67. The van der Waals surface area contributed by atoms with E-state index in [1.807, 2.05) is 17.9 Å². The Morgan fingerprint density at radius 2 is 1.84 bits per heavy atom. The average molecular weight is 366 g/mol. The molecule has 0 spiro atoms. The molecular formula is C18H26N2O4S. The van der Waals surface area contributed by atoms with E-state index < -0.39 is 10.0 Å². The number of nitrogens with zero attached hydrogens (tertiary/aromatic N) is 2. The highest BCUT2D eigenvalue weighted by Crippen LogP contribution is 2.26. The predicted octanol–water partition coefficient (Wildman–Crippen LogP) is 1.72. The number of amides is 1. The van der Waals surface area contributed by atoms with E-state index in [2.05, 4.69) is 0 Å². The van der Waals surface area contributed by atoms with Gasteiger partial charge in [0, 0.05) is 26.1 Å². The summed E-state index contributed by atoms with van der Waals surface area (Å²) in [6.07, 6.45) is 1.97. The van der Waals surface area contributed by atoms with Gasteiger partial charge in [-0.15, -0.1) is 0 Å². The Balaban J connectivity index is 1.54. The molecule has 0 N–H and O–H groups in total. The molecule has 1 atom stereocenters. The summed E-state index contributed by atoms with van der Waals surface area (Å²) in [5.41, 5.74) is 0. The maximum Gasteiger partial charge on any atom is 0.243 e. The van der Waals surface area contributed by atoms with Crippen molar-refractivity contribution in [3.8, 4) is 0 Å². The maximum absolute atomic E-state index is 12.6. The van der Waals surface area contributed by atoms with E-state index >= 15 is 0 Å². The van der Waals surface area contributed by atoms with Crippen molar-refractivity contribution in [3.05, 3.63) is 30.3 Å². The summed E-state index contributed by atoms with van der Waals surface area (Å²) in [4.78, 5) is 14.8. The molecule has 2 aliphatic heterocycles. The molecule has 1 aromatic carbocycles. The van der Waals surface area contributed by atoms with E-state index in [9.17, 15) is 13.2 Å². The van der Waals surface area contributed by atoms with E-state index in [0.29, 0.717) is 44.2 Å². The van der Waals surface area contributed by atoms with Crippen molar-refractivity contribution in [1.29, 1.82) is 0 Å². The van der Waals surface area contributed by atoms with Crippen LogP contribution in [0.15, 0.2) is 35.2 Å². The highest BCUT2D eigenvalue weighted by Gasteiger charge is 2.32. The quantitative estimate of drug-likeness (QED) is 0.814. The van der Waals surface area contributed by atoms with Crippen LogP contribution in [0.3, 0.4) is 0 Å². The molecule has 2 saturated heterocycles. The van der Waals surface area contributed by atoms with E-state index in [1.165, 1.54) is 0 Å². The van der Waals surface area contributed by atoms with Crippen LogP contribution in [-0.4, -0.2) is 62.4 Å². The van der Waals surface area contributed by atoms with Crippen LogP contribution in [0.2, 0.25) is 0 Å². The van der Waals surface area contributed by atoms with Crippen molar-refractivity contribution in [3.63, 3.8) is 0 Å². The molecule has 6 nitrogen and oxygen atoms in total. The molecule has 0 aromatic heterocycles. The Morgan fingerprint density at radius 3 is 2.48 bits per heavy atom. The molecule has 2 aliphatic rings. The normalized spacial score (nSPS) is 23.6. The van der Waals surface area contributed by atoms with Crippen molar-refractivity contribution in [2.45, 2.75) is 37.1 Å². The maximum atomic E-state index is 12.6. The number of morpholine rings is 1. The van der Waals surface area contributed by atoms with Crippen LogP contribution in [0.1, 0.15) is 26.2 Å². The lowest BCUT2D eigenvalue weighted by Crippen LogP contribution is -2.48. The average Bonchev–Trinajstić information content (AvgIpc) is 2.63. The fourth-order valence-electron chi connectivity index (χ4n) is 3.56. The van der Waals surface area contributed by atoms with Crippen LogP contribution >= 0.6 is 0 Å². The van der Waals surface area contributed by atoms with Crippen LogP contribution < -0.4 is 0 Å². The summed E-state index contributed by atoms with van der Waals surface area (Å²) in [5.74, 6) is 0.421. The number of carbonyl (C=O) groups excluding carboxylic acids is 1. The van der Waals surface area contributed by atoms with Crippen LogP contribution in [-0.2, 0) is 19.6 Å². The van der Waals surface area contributed by atoms with Gasteiger partial charge in [0.2, 0.25) is 15.9 Å². The van der Waals surface area contributed by atoms with Gasteiger partial charge in [-0.3, -0.25) is 4.79 Å². The number of sulfonamides is 1. The molecule has 1 amide bonds. The van der Waals surface area contributed by atoms with Gasteiger partial charge in [0.15, 0.2) is 0 Å². The summed E-state index contributed by atoms with van der Waals surface area (Å²) >= 11 is 0. The third-order valence-electron chi connectivity index (χ3n) is 5.11. The molecule has 0 bridgehead atoms. The lowest BCUT2D eigenvalue weighted by atomic mass is 9.94. The first-order valence-corrected chi connectivity index (χ1v) is 10.3. The van der Waals surface area contributed by atoms with Crippen molar-refractivity contribution >= 4 is 15.9 Å². The van der Waals surface area contributed by atoms with Gasteiger partial charge in [-0.1, -0.05) is 18.2 Å². The SMILES string of the molecule is CC1COCCN1C(=O)CC1CCN(S(=O)(=O)c2ccccc2)CC1. The Labute approximate surface area is 149 Å². The van der Waals surface area contributed by atoms with E-state index in [0.717, 1.165) is 12.8 Å². The minimum Gasteiger partial charge on any atom is -0.377 e.